The zero-order valence-electron chi connectivity index (χ0n) is 18.0. The summed E-state index contributed by atoms with van der Waals surface area (Å²) < 4.78 is 5.72. The second-order valence-electron chi connectivity index (χ2n) is 8.62. The van der Waals surface area contributed by atoms with Crippen LogP contribution in [0.3, 0.4) is 0 Å². The van der Waals surface area contributed by atoms with Gasteiger partial charge in [0.15, 0.2) is 0 Å². The van der Waals surface area contributed by atoms with Gasteiger partial charge >= 0.3 is 11.7 Å². The Morgan fingerprint density at radius 1 is 1.17 bits per heavy atom. The van der Waals surface area contributed by atoms with Gasteiger partial charge in [0.05, 0.1) is 28.5 Å². The number of carboxylic acid groups (broad SMARTS) is 1. The molecule has 0 unspecified atom stereocenters. The van der Waals surface area contributed by atoms with Crippen LogP contribution in [0.2, 0.25) is 5.02 Å². The smallest absolute Gasteiger partial charge is 0.335 e. The van der Waals surface area contributed by atoms with Crippen molar-refractivity contribution < 1.29 is 29.2 Å². The molecule has 1 saturated heterocycles. The second-order valence-corrected chi connectivity index (χ2v) is 9.06. The Bertz CT molecular complexity index is 1290. The Kier molecular flexibility index (Phi) is 5.60. The second kappa shape index (κ2) is 8.62. The number of benzene rings is 2. The number of nitrogens with zero attached hydrogens (tertiary/aromatic N) is 3. The number of rotatable bonds is 7. The molecule has 2 aliphatic carbocycles. The molecule has 0 aromatic heterocycles. The number of nitro benzene ring substituents is 1. The molecule has 4 atom stereocenters. The van der Waals surface area contributed by atoms with Crippen LogP contribution in [-0.4, -0.2) is 39.0 Å². The van der Waals surface area contributed by atoms with Gasteiger partial charge in [-0.1, -0.05) is 35.9 Å². The number of amides is 2. The standard InChI is InChI=1S/C24H18ClN3O7/c25-17-8-16(10-26-27-22(29)19-14-5-6-15(7-14)20(19)23(27)30)21(18(9-17)28(33)34)35-11-12-1-3-13(4-2-12)24(31)32/h1-6,8-10,14-15,19-20H,7,11H2,(H,31,32)/t14-,15-,19-,20+/m0/s1. The Morgan fingerprint density at radius 2 is 1.80 bits per heavy atom. The van der Waals surface area contributed by atoms with Crippen LogP contribution in [0.5, 0.6) is 5.75 Å². The first-order valence-electron chi connectivity index (χ1n) is 10.8. The van der Waals surface area contributed by atoms with Gasteiger partial charge in [-0.05, 0) is 42.0 Å². The van der Waals surface area contributed by atoms with Crippen LogP contribution in [0.4, 0.5) is 5.69 Å². The molecule has 1 N–H and O–H groups in total. The first kappa shape index (κ1) is 22.7. The summed E-state index contributed by atoms with van der Waals surface area (Å²) >= 11 is 6.07. The van der Waals surface area contributed by atoms with E-state index in [1.54, 1.807) is 0 Å². The maximum atomic E-state index is 12.9. The fourth-order valence-electron chi connectivity index (χ4n) is 5.01. The highest BCUT2D eigenvalue weighted by molar-refractivity contribution is 6.31. The zero-order valence-corrected chi connectivity index (χ0v) is 18.8. The molecule has 178 valence electrons. The average Bonchev–Trinajstić information content (AvgIpc) is 3.51. The molecule has 2 aromatic carbocycles. The summed E-state index contributed by atoms with van der Waals surface area (Å²) in [5, 5.41) is 25.7. The summed E-state index contributed by atoms with van der Waals surface area (Å²) in [4.78, 5) is 47.8. The molecule has 2 bridgehead atoms. The van der Waals surface area contributed by atoms with Gasteiger partial charge in [0.2, 0.25) is 5.75 Å². The van der Waals surface area contributed by atoms with Crippen molar-refractivity contribution in [2.75, 3.05) is 0 Å². The fraction of sp³-hybridized carbons (Fsp3) is 0.250. The Labute approximate surface area is 203 Å². The van der Waals surface area contributed by atoms with Crippen LogP contribution in [0, 0.1) is 33.8 Å². The highest BCUT2D eigenvalue weighted by Gasteiger charge is 2.59. The number of nitro groups is 1. The minimum atomic E-state index is -1.08. The van der Waals surface area contributed by atoms with E-state index >= 15 is 0 Å². The number of fused-ring (bicyclic) bond motifs is 5. The van der Waals surface area contributed by atoms with Crippen molar-refractivity contribution in [2.24, 2.45) is 28.8 Å². The molecule has 1 saturated carbocycles. The average molecular weight is 496 g/mol. The lowest BCUT2D eigenvalue weighted by atomic mass is 9.85. The maximum Gasteiger partial charge on any atom is 0.335 e. The van der Waals surface area contributed by atoms with E-state index in [2.05, 4.69) is 5.10 Å². The van der Waals surface area contributed by atoms with Crippen molar-refractivity contribution in [3.05, 3.63) is 80.4 Å². The zero-order chi connectivity index (χ0) is 24.9. The SMILES string of the molecule is O=C(O)c1ccc(COc2c(C=NN3C(=O)[C@@H]4[C@H](C3=O)[C@H]3C=C[C@H]4C3)cc(Cl)cc2[N+](=O)[O-])cc1. The van der Waals surface area contributed by atoms with Gasteiger partial charge in [0.25, 0.3) is 11.8 Å². The van der Waals surface area contributed by atoms with Gasteiger partial charge in [0, 0.05) is 16.7 Å². The summed E-state index contributed by atoms with van der Waals surface area (Å²) in [7, 11) is 0. The molecule has 0 radical (unpaired) electrons. The highest BCUT2D eigenvalue weighted by Crippen LogP contribution is 2.52. The molecule has 2 fully saturated rings. The molecule has 1 heterocycles. The molecule has 35 heavy (non-hydrogen) atoms. The van der Waals surface area contributed by atoms with E-state index in [0.29, 0.717) is 5.56 Å². The van der Waals surface area contributed by atoms with Gasteiger partial charge in [-0.3, -0.25) is 19.7 Å². The van der Waals surface area contributed by atoms with Crippen molar-refractivity contribution in [1.29, 1.82) is 0 Å². The molecular formula is C24H18ClN3O7. The Morgan fingerprint density at radius 3 is 2.37 bits per heavy atom. The molecule has 3 aliphatic rings. The van der Waals surface area contributed by atoms with Crippen molar-refractivity contribution in [1.82, 2.24) is 5.01 Å². The molecule has 1 aliphatic heterocycles. The fourth-order valence-corrected chi connectivity index (χ4v) is 5.23. The molecule has 2 aromatic rings. The van der Waals surface area contributed by atoms with E-state index in [9.17, 15) is 24.5 Å². The number of ether oxygens (including phenoxy) is 1. The number of aromatic carboxylic acids is 1. The number of halogens is 1. The molecular weight excluding hydrogens is 478 g/mol. The molecule has 10 nitrogen and oxygen atoms in total. The number of carbonyl (C=O) groups is 3. The summed E-state index contributed by atoms with van der Waals surface area (Å²) in [6.07, 6.45) is 5.89. The lowest BCUT2D eigenvalue weighted by molar-refractivity contribution is -0.385. The molecule has 5 rings (SSSR count). The number of hydrogen-bond donors (Lipinski definition) is 1. The third-order valence-electron chi connectivity index (χ3n) is 6.60. The largest absolute Gasteiger partial charge is 0.481 e. The molecule has 0 spiro atoms. The van der Waals surface area contributed by atoms with Crippen LogP contribution >= 0.6 is 11.6 Å². The van der Waals surface area contributed by atoms with Crippen LogP contribution < -0.4 is 4.74 Å². The summed E-state index contributed by atoms with van der Waals surface area (Å²) in [5.41, 5.74) is 0.361. The number of imide groups is 1. The van der Waals surface area contributed by atoms with Crippen molar-refractivity contribution in [3.8, 4) is 5.75 Å². The van der Waals surface area contributed by atoms with E-state index in [4.69, 9.17) is 21.4 Å². The van der Waals surface area contributed by atoms with Crippen LogP contribution in [0.15, 0.2) is 53.7 Å². The topological polar surface area (TPSA) is 139 Å². The first-order chi connectivity index (χ1) is 16.7. The lowest BCUT2D eigenvalue weighted by Crippen LogP contribution is -2.28. The van der Waals surface area contributed by atoms with E-state index in [1.807, 2.05) is 12.2 Å². The van der Waals surface area contributed by atoms with E-state index in [0.717, 1.165) is 23.7 Å². The summed E-state index contributed by atoms with van der Waals surface area (Å²) in [5.74, 6) is -2.78. The number of hydrazone groups is 1. The third kappa shape index (κ3) is 3.95. The number of allylic oxidation sites excluding steroid dienone is 2. The normalized spacial score (nSPS) is 24.4. The minimum Gasteiger partial charge on any atom is -0.481 e. The summed E-state index contributed by atoms with van der Waals surface area (Å²) in [6, 6.07) is 8.36. The van der Waals surface area contributed by atoms with Crippen molar-refractivity contribution in [2.45, 2.75) is 13.0 Å². The predicted octanol–water partition coefficient (Wildman–Crippen LogP) is 3.67. The Hall–Kier alpha value is -4.05. The van der Waals surface area contributed by atoms with E-state index < -0.39 is 28.4 Å². The van der Waals surface area contributed by atoms with Crippen molar-refractivity contribution in [3.63, 3.8) is 0 Å². The Balaban J connectivity index is 1.42. The van der Waals surface area contributed by atoms with Crippen LogP contribution in [-0.2, 0) is 16.2 Å². The quantitative estimate of drug-likeness (QED) is 0.203. The molecule has 11 heteroatoms. The third-order valence-corrected chi connectivity index (χ3v) is 6.82. The predicted molar refractivity (Wildman–Crippen MR) is 123 cm³/mol. The van der Waals surface area contributed by atoms with Crippen LogP contribution in [0.1, 0.15) is 27.9 Å². The molecule has 2 amide bonds. The summed E-state index contributed by atoms with van der Waals surface area (Å²) in [6.45, 7) is -0.107. The highest BCUT2D eigenvalue weighted by atomic mass is 35.5. The van der Waals surface area contributed by atoms with Crippen molar-refractivity contribution >= 4 is 41.3 Å². The maximum absolute atomic E-state index is 12.9. The van der Waals surface area contributed by atoms with Gasteiger partial charge < -0.3 is 9.84 Å². The van der Waals surface area contributed by atoms with Gasteiger partial charge in [-0.25, -0.2) is 4.79 Å². The number of carbonyl (C=O) groups excluding carboxylic acids is 2. The minimum absolute atomic E-state index is 0.0281. The first-order valence-corrected chi connectivity index (χ1v) is 11.2. The van der Waals surface area contributed by atoms with E-state index in [1.165, 1.54) is 30.3 Å². The van der Waals surface area contributed by atoms with Gasteiger partial charge in [-0.2, -0.15) is 10.1 Å². The lowest BCUT2D eigenvalue weighted by Gasteiger charge is -2.13. The van der Waals surface area contributed by atoms with Gasteiger partial charge in [-0.15, -0.1) is 0 Å². The monoisotopic (exact) mass is 495 g/mol. The number of hydrogen-bond acceptors (Lipinski definition) is 7. The van der Waals surface area contributed by atoms with Crippen LogP contribution in [0.25, 0.3) is 0 Å². The van der Waals surface area contributed by atoms with E-state index in [-0.39, 0.29) is 52.2 Å². The number of carboxylic acids is 1. The van der Waals surface area contributed by atoms with Gasteiger partial charge in [0.1, 0.15) is 6.61 Å².